The van der Waals surface area contributed by atoms with Gasteiger partial charge in [0.2, 0.25) is 0 Å². The molecular weight excluding hydrogens is 477 g/mol. The van der Waals surface area contributed by atoms with Crippen LogP contribution in [0.2, 0.25) is 0 Å². The fourth-order valence-electron chi connectivity index (χ4n) is 5.71. The molecule has 0 saturated heterocycles. The van der Waals surface area contributed by atoms with E-state index >= 15 is 0 Å². The number of pyridine rings is 2. The molecule has 2 aliphatic rings. The van der Waals surface area contributed by atoms with Gasteiger partial charge in [0.15, 0.2) is 0 Å². The van der Waals surface area contributed by atoms with Crippen LogP contribution in [0.15, 0.2) is 107 Å². The molecule has 6 aromatic rings. The zero-order valence-corrected chi connectivity index (χ0v) is 21.0. The third kappa shape index (κ3) is 3.05. The Morgan fingerprint density at radius 1 is 0.667 bits per heavy atom. The summed E-state index contributed by atoms with van der Waals surface area (Å²) < 4.78 is 2.70. The number of thiophene rings is 1. The molecule has 4 heteroatoms. The second-order valence-corrected chi connectivity index (χ2v) is 11.6. The third-order valence-electron chi connectivity index (χ3n) is 7.38. The van der Waals surface area contributed by atoms with E-state index in [-0.39, 0.29) is 0 Å². The molecule has 0 unspecified atom stereocenters. The Hall–Kier alpha value is -3.73. The van der Waals surface area contributed by atoms with Crippen LogP contribution < -0.4 is 0 Å². The number of nitrogens with zero attached hydrogens (tertiary/aromatic N) is 2. The number of thioether (sulfide) groups is 1. The van der Waals surface area contributed by atoms with Crippen LogP contribution in [0.25, 0.3) is 53.2 Å². The average Bonchev–Trinajstić information content (AvgIpc) is 3.32. The second-order valence-electron chi connectivity index (χ2n) is 9.39. The van der Waals surface area contributed by atoms with Gasteiger partial charge in [0.05, 0.1) is 0 Å². The highest BCUT2D eigenvalue weighted by Crippen LogP contribution is 2.53. The van der Waals surface area contributed by atoms with E-state index in [1.165, 1.54) is 68.6 Å². The lowest BCUT2D eigenvalue weighted by Gasteiger charge is -2.27. The van der Waals surface area contributed by atoms with Crippen molar-refractivity contribution in [1.82, 2.24) is 9.97 Å². The largest absolute Gasteiger partial charge is 0.264 e. The molecule has 1 aliphatic heterocycles. The van der Waals surface area contributed by atoms with E-state index in [1.807, 2.05) is 60.0 Å². The molecule has 2 nitrogen and oxygen atoms in total. The summed E-state index contributed by atoms with van der Waals surface area (Å²) in [7, 11) is 0. The Balaban J connectivity index is 1.36. The van der Waals surface area contributed by atoms with Gasteiger partial charge < -0.3 is 0 Å². The highest BCUT2D eigenvalue weighted by Gasteiger charge is 2.26. The van der Waals surface area contributed by atoms with Crippen LogP contribution in [-0.2, 0) is 0 Å². The molecule has 0 fully saturated rings. The van der Waals surface area contributed by atoms with Gasteiger partial charge in [-0.1, -0.05) is 48.2 Å². The topological polar surface area (TPSA) is 25.8 Å². The summed E-state index contributed by atoms with van der Waals surface area (Å²) in [5.74, 6) is 0. The first-order valence-electron chi connectivity index (χ1n) is 12.2. The first kappa shape index (κ1) is 20.5. The van der Waals surface area contributed by atoms with Gasteiger partial charge in [-0.05, 0) is 82.5 Å². The Morgan fingerprint density at radius 2 is 1.53 bits per heavy atom. The molecule has 170 valence electrons. The predicted octanol–water partition coefficient (Wildman–Crippen LogP) is 9.36. The van der Waals surface area contributed by atoms with Crippen molar-refractivity contribution in [3.63, 3.8) is 0 Å². The number of allylic oxidation sites excluding steroid dienone is 3. The summed E-state index contributed by atoms with van der Waals surface area (Å²) in [6, 6.07) is 24.5. The Morgan fingerprint density at radius 3 is 2.36 bits per heavy atom. The molecule has 3 aromatic carbocycles. The lowest BCUT2D eigenvalue weighted by atomic mass is 9.87. The van der Waals surface area contributed by atoms with E-state index in [9.17, 15) is 0 Å². The molecule has 1 aliphatic carbocycles. The summed E-state index contributed by atoms with van der Waals surface area (Å²) in [6.45, 7) is 0. The minimum absolute atomic E-state index is 1.05. The average molecular weight is 497 g/mol. The third-order valence-corrected chi connectivity index (χ3v) is 9.62. The van der Waals surface area contributed by atoms with E-state index in [0.29, 0.717) is 0 Å². The monoisotopic (exact) mass is 496 g/mol. The number of rotatable bonds is 2. The zero-order chi connectivity index (χ0) is 23.6. The van der Waals surface area contributed by atoms with E-state index < -0.39 is 0 Å². The maximum Gasteiger partial charge on any atom is 0.0367 e. The van der Waals surface area contributed by atoms with Crippen molar-refractivity contribution in [3.05, 3.63) is 114 Å². The molecule has 0 amide bonds. The van der Waals surface area contributed by atoms with Crippen molar-refractivity contribution in [1.29, 1.82) is 0 Å². The van der Waals surface area contributed by atoms with Crippen molar-refractivity contribution < 1.29 is 0 Å². The zero-order valence-electron chi connectivity index (χ0n) is 19.4. The molecule has 0 radical (unpaired) electrons. The molecule has 0 spiro atoms. The molecule has 0 bridgehead atoms. The number of hydrogen-bond acceptors (Lipinski definition) is 4. The van der Waals surface area contributed by atoms with Gasteiger partial charge in [0.1, 0.15) is 0 Å². The quantitative estimate of drug-likeness (QED) is 0.239. The summed E-state index contributed by atoms with van der Waals surface area (Å²) >= 11 is 3.84. The van der Waals surface area contributed by atoms with Gasteiger partial charge in [0, 0.05) is 65.7 Å². The van der Waals surface area contributed by atoms with Crippen LogP contribution in [0.3, 0.4) is 0 Å². The predicted molar refractivity (Wildman–Crippen MR) is 154 cm³/mol. The Kier molecular flexibility index (Phi) is 4.48. The standard InChI is InChI=1S/C32H20N2S2/c1-6-25-31-24-11-9-20(22-5-3-13-34-18-22)15-29(24)36-30(31)16-26-23-10-8-19(21-4-2-12-33-17-21)14-28(23)35-27(7-1)32(25)26/h1-7,9,11-18H,8,10H2. The second kappa shape index (κ2) is 7.89. The van der Waals surface area contributed by atoms with Gasteiger partial charge in [0.25, 0.3) is 0 Å². The molecular formula is C32H20N2S2. The smallest absolute Gasteiger partial charge is 0.0367 e. The van der Waals surface area contributed by atoms with Gasteiger partial charge in [-0.2, -0.15) is 0 Å². The maximum absolute atomic E-state index is 4.35. The van der Waals surface area contributed by atoms with Gasteiger partial charge in [-0.3, -0.25) is 9.97 Å². The van der Waals surface area contributed by atoms with Crippen molar-refractivity contribution in [2.24, 2.45) is 0 Å². The highest BCUT2D eigenvalue weighted by molar-refractivity contribution is 8.03. The molecule has 0 N–H and O–H groups in total. The summed E-state index contributed by atoms with van der Waals surface area (Å²) in [6.07, 6.45) is 12.1. The first-order chi connectivity index (χ1) is 17.8. The Bertz CT molecular complexity index is 1900. The number of aromatic nitrogens is 2. The van der Waals surface area contributed by atoms with Crippen molar-refractivity contribution >= 4 is 65.2 Å². The minimum Gasteiger partial charge on any atom is -0.264 e. The van der Waals surface area contributed by atoms with Crippen molar-refractivity contribution in [2.75, 3.05) is 0 Å². The van der Waals surface area contributed by atoms with Crippen molar-refractivity contribution in [3.8, 4) is 11.1 Å². The van der Waals surface area contributed by atoms with E-state index in [0.717, 1.165) is 18.4 Å². The van der Waals surface area contributed by atoms with Crippen LogP contribution in [-0.4, -0.2) is 9.97 Å². The van der Waals surface area contributed by atoms with E-state index in [1.54, 1.807) is 0 Å². The van der Waals surface area contributed by atoms with Crippen molar-refractivity contribution in [2.45, 2.75) is 17.7 Å². The first-order valence-corrected chi connectivity index (χ1v) is 13.8. The minimum atomic E-state index is 1.05. The van der Waals surface area contributed by atoms with Crippen LogP contribution in [0, 0.1) is 0 Å². The van der Waals surface area contributed by atoms with Crippen LogP contribution in [0.5, 0.6) is 0 Å². The van der Waals surface area contributed by atoms with E-state index in [2.05, 4.69) is 70.6 Å². The fourth-order valence-corrected chi connectivity index (χ4v) is 8.15. The summed E-state index contributed by atoms with van der Waals surface area (Å²) in [5, 5.41) is 5.53. The SMILES string of the molecule is C1=C(c2cccnc2)CCC2=C1Sc1cccc3c1c2cc1sc2cc(-c4cccnc4)ccc2c13. The van der Waals surface area contributed by atoms with Crippen LogP contribution >= 0.6 is 23.1 Å². The lowest BCUT2D eigenvalue weighted by Crippen LogP contribution is -2.02. The normalized spacial score (nSPS) is 14.9. The summed E-state index contributed by atoms with van der Waals surface area (Å²) in [5.41, 5.74) is 7.91. The lowest BCUT2D eigenvalue weighted by molar-refractivity contribution is 1.06. The van der Waals surface area contributed by atoms with Gasteiger partial charge >= 0.3 is 0 Å². The van der Waals surface area contributed by atoms with Gasteiger partial charge in [-0.15, -0.1) is 11.3 Å². The molecule has 3 aromatic heterocycles. The highest BCUT2D eigenvalue weighted by atomic mass is 32.2. The fraction of sp³-hybridized carbons (Fsp3) is 0.0625. The molecule has 8 rings (SSSR count). The van der Waals surface area contributed by atoms with E-state index in [4.69, 9.17) is 0 Å². The maximum atomic E-state index is 4.35. The molecule has 4 heterocycles. The summed E-state index contributed by atoms with van der Waals surface area (Å²) in [4.78, 5) is 11.4. The Labute approximate surface area is 217 Å². The van der Waals surface area contributed by atoms with Gasteiger partial charge in [-0.25, -0.2) is 0 Å². The molecule has 36 heavy (non-hydrogen) atoms. The molecule has 0 atom stereocenters. The number of hydrogen-bond donors (Lipinski definition) is 0. The number of benzene rings is 3. The van der Waals surface area contributed by atoms with Crippen LogP contribution in [0.1, 0.15) is 24.0 Å². The molecule has 0 saturated carbocycles. The van der Waals surface area contributed by atoms with Crippen LogP contribution in [0.4, 0.5) is 0 Å². The number of fused-ring (bicyclic) bond motifs is 5.